The summed E-state index contributed by atoms with van der Waals surface area (Å²) in [6.45, 7) is 3.82. The summed E-state index contributed by atoms with van der Waals surface area (Å²) >= 11 is 1.54. The van der Waals surface area contributed by atoms with E-state index in [1.54, 1.807) is 17.3 Å². The molecule has 0 unspecified atom stereocenters. The van der Waals surface area contributed by atoms with Crippen LogP contribution in [0, 0.1) is 0 Å². The van der Waals surface area contributed by atoms with Gasteiger partial charge in [0, 0.05) is 35.6 Å². The Morgan fingerprint density at radius 1 is 1.07 bits per heavy atom. The van der Waals surface area contributed by atoms with Gasteiger partial charge in [0.05, 0.1) is 6.54 Å². The molecule has 0 saturated carbocycles. The maximum Gasteiger partial charge on any atom is 0.327 e. The van der Waals surface area contributed by atoms with Gasteiger partial charge in [-0.1, -0.05) is 18.6 Å². The Morgan fingerprint density at radius 3 is 2.72 bits per heavy atom. The number of hydrogen-bond acceptors (Lipinski definition) is 5. The molecule has 2 aromatic heterocycles. The van der Waals surface area contributed by atoms with Gasteiger partial charge >= 0.3 is 6.03 Å². The third-order valence-electron chi connectivity index (χ3n) is 5.54. The van der Waals surface area contributed by atoms with Crippen molar-refractivity contribution in [2.24, 2.45) is 0 Å². The molecule has 29 heavy (non-hydrogen) atoms. The first kappa shape index (κ1) is 18.3. The van der Waals surface area contributed by atoms with Gasteiger partial charge in [-0.15, -0.1) is 11.3 Å². The molecule has 0 atom stereocenters. The lowest BCUT2D eigenvalue weighted by Gasteiger charge is -2.29. The van der Waals surface area contributed by atoms with Crippen LogP contribution in [0.1, 0.15) is 30.4 Å². The summed E-state index contributed by atoms with van der Waals surface area (Å²) in [5.41, 5.74) is 4.31. The summed E-state index contributed by atoms with van der Waals surface area (Å²) in [5, 5.41) is 5.88. The molecule has 1 fully saturated rings. The molecule has 2 aliphatic heterocycles. The minimum Gasteiger partial charge on any atom is -0.307 e. The fraction of sp³-hybridized carbons (Fsp3) is 0.318. The van der Waals surface area contributed by atoms with E-state index in [4.69, 9.17) is 0 Å². The third kappa shape index (κ3) is 3.88. The highest BCUT2D eigenvalue weighted by Gasteiger charge is 2.26. The lowest BCUT2D eigenvalue weighted by atomic mass is 10.0. The maximum absolute atomic E-state index is 12.8. The van der Waals surface area contributed by atoms with Crippen molar-refractivity contribution in [1.82, 2.24) is 14.9 Å². The van der Waals surface area contributed by atoms with Gasteiger partial charge in [0.2, 0.25) is 0 Å². The van der Waals surface area contributed by atoms with Crippen LogP contribution >= 0.6 is 11.3 Å². The van der Waals surface area contributed by atoms with E-state index in [9.17, 15) is 4.79 Å². The summed E-state index contributed by atoms with van der Waals surface area (Å²) in [7, 11) is 0. The number of carbonyl (C=O) groups is 1. The summed E-state index contributed by atoms with van der Waals surface area (Å²) in [5.74, 6) is 0.683. The van der Waals surface area contributed by atoms with Gasteiger partial charge in [0.15, 0.2) is 0 Å². The highest BCUT2D eigenvalue weighted by atomic mass is 32.1. The number of amides is 2. The number of piperidine rings is 1. The number of benzene rings is 1. The molecule has 1 aromatic carbocycles. The average Bonchev–Trinajstić information content (AvgIpc) is 3.25. The zero-order valence-corrected chi connectivity index (χ0v) is 17.0. The molecule has 0 spiro atoms. The first-order chi connectivity index (χ1) is 14.3. The number of nitrogens with zero attached hydrogens (tertiary/aromatic N) is 4. The minimum absolute atomic E-state index is 0.126. The van der Waals surface area contributed by atoms with Gasteiger partial charge in [-0.3, -0.25) is 14.8 Å². The van der Waals surface area contributed by atoms with Crippen molar-refractivity contribution in [1.29, 1.82) is 0 Å². The molecule has 3 aromatic rings. The average molecular weight is 406 g/mol. The molecular weight excluding hydrogens is 382 g/mol. The number of hydrogen-bond donors (Lipinski definition) is 1. The molecule has 0 aliphatic carbocycles. The van der Waals surface area contributed by atoms with Crippen molar-refractivity contribution >= 4 is 28.9 Å². The van der Waals surface area contributed by atoms with Crippen molar-refractivity contribution in [3.8, 4) is 10.6 Å². The van der Waals surface area contributed by atoms with Crippen molar-refractivity contribution in [2.75, 3.05) is 23.3 Å². The van der Waals surface area contributed by atoms with Gasteiger partial charge in [-0.05, 0) is 55.3 Å². The summed E-state index contributed by atoms with van der Waals surface area (Å²) in [6.07, 6.45) is 7.41. The molecular formula is C22H23N5OS. The number of nitrogens with one attached hydrogen (secondary N) is 1. The highest BCUT2D eigenvalue weighted by Crippen LogP contribution is 2.32. The van der Waals surface area contributed by atoms with E-state index in [1.165, 1.54) is 49.3 Å². The zero-order chi connectivity index (χ0) is 19.6. The molecule has 1 saturated heterocycles. The van der Waals surface area contributed by atoms with E-state index in [-0.39, 0.29) is 6.03 Å². The van der Waals surface area contributed by atoms with Gasteiger partial charge in [0.1, 0.15) is 10.8 Å². The van der Waals surface area contributed by atoms with E-state index in [0.717, 1.165) is 28.4 Å². The normalized spacial score (nSPS) is 17.1. The Labute approximate surface area is 174 Å². The van der Waals surface area contributed by atoms with Crippen LogP contribution in [0.5, 0.6) is 0 Å². The second-order valence-corrected chi connectivity index (χ2v) is 8.45. The molecule has 0 radical (unpaired) electrons. The summed E-state index contributed by atoms with van der Waals surface area (Å²) in [4.78, 5) is 25.7. The van der Waals surface area contributed by atoms with E-state index in [0.29, 0.717) is 12.4 Å². The topological polar surface area (TPSA) is 61.4 Å². The van der Waals surface area contributed by atoms with Gasteiger partial charge in [-0.2, -0.15) is 0 Å². The Morgan fingerprint density at radius 2 is 1.90 bits per heavy atom. The van der Waals surface area contributed by atoms with Crippen LogP contribution in [0.15, 0.2) is 48.1 Å². The Hall–Kier alpha value is -2.77. The van der Waals surface area contributed by atoms with Crippen LogP contribution in [0.25, 0.3) is 10.6 Å². The van der Waals surface area contributed by atoms with E-state index in [2.05, 4.69) is 38.4 Å². The monoisotopic (exact) mass is 405 g/mol. The number of aromatic nitrogens is 2. The Balaban J connectivity index is 1.33. The number of likely N-dealkylation sites (tertiary alicyclic amines) is 1. The number of carbonyl (C=O) groups excluding carboxylic acids is 1. The third-order valence-corrected chi connectivity index (χ3v) is 6.42. The first-order valence-corrected chi connectivity index (χ1v) is 10.9. The minimum atomic E-state index is -0.126. The molecule has 4 heterocycles. The van der Waals surface area contributed by atoms with Crippen molar-refractivity contribution < 1.29 is 4.79 Å². The Bertz CT molecular complexity index is 1010. The fourth-order valence-corrected chi connectivity index (χ4v) is 4.79. The molecule has 7 heteroatoms. The smallest absolute Gasteiger partial charge is 0.307 e. The standard InChI is InChI=1S/C22H23N5OS/c28-22-24-19-12-16(13-26-10-2-1-3-11-26)4-5-18(19)14-27(22)20-15-29-21(25-20)17-6-8-23-9-7-17/h4-9,12,15H,1-3,10-11,13-14H2,(H,24,28). The lowest BCUT2D eigenvalue weighted by molar-refractivity contribution is 0.221. The van der Waals surface area contributed by atoms with Crippen LogP contribution in [0.4, 0.5) is 16.3 Å². The molecule has 148 valence electrons. The van der Waals surface area contributed by atoms with Crippen molar-refractivity contribution in [3.05, 3.63) is 59.2 Å². The molecule has 2 amide bonds. The van der Waals surface area contributed by atoms with E-state index < -0.39 is 0 Å². The molecule has 0 bridgehead atoms. The Kier molecular flexibility index (Phi) is 4.99. The number of thiazole rings is 1. The second kappa shape index (κ2) is 7.93. The fourth-order valence-electron chi connectivity index (χ4n) is 3.98. The number of pyridine rings is 1. The van der Waals surface area contributed by atoms with Gasteiger partial charge in [-0.25, -0.2) is 9.78 Å². The predicted octanol–water partition coefficient (Wildman–Crippen LogP) is 4.74. The predicted molar refractivity (Wildman–Crippen MR) is 116 cm³/mol. The van der Waals surface area contributed by atoms with E-state index in [1.807, 2.05) is 17.5 Å². The van der Waals surface area contributed by atoms with Crippen LogP contribution < -0.4 is 10.2 Å². The quantitative estimate of drug-likeness (QED) is 0.681. The van der Waals surface area contributed by atoms with Gasteiger partial charge < -0.3 is 5.32 Å². The number of fused-ring (bicyclic) bond motifs is 1. The van der Waals surface area contributed by atoms with Gasteiger partial charge in [0.25, 0.3) is 0 Å². The van der Waals surface area contributed by atoms with Crippen LogP contribution in [-0.2, 0) is 13.1 Å². The maximum atomic E-state index is 12.8. The van der Waals surface area contributed by atoms with E-state index >= 15 is 0 Å². The number of urea groups is 1. The summed E-state index contributed by atoms with van der Waals surface area (Å²) in [6, 6.07) is 10.2. The number of anilines is 2. The van der Waals surface area contributed by atoms with Crippen LogP contribution in [0.3, 0.4) is 0 Å². The molecule has 2 aliphatic rings. The molecule has 5 rings (SSSR count). The summed E-state index contributed by atoms with van der Waals surface area (Å²) < 4.78 is 0. The largest absolute Gasteiger partial charge is 0.327 e. The second-order valence-electron chi connectivity index (χ2n) is 7.59. The van der Waals surface area contributed by atoms with Crippen LogP contribution in [-0.4, -0.2) is 34.0 Å². The van der Waals surface area contributed by atoms with Crippen molar-refractivity contribution in [2.45, 2.75) is 32.4 Å². The zero-order valence-electron chi connectivity index (χ0n) is 16.2. The lowest BCUT2D eigenvalue weighted by Crippen LogP contribution is -2.39. The molecule has 1 N–H and O–H groups in total. The first-order valence-electron chi connectivity index (χ1n) is 10.0. The van der Waals surface area contributed by atoms with Crippen LogP contribution in [0.2, 0.25) is 0 Å². The molecule has 6 nitrogen and oxygen atoms in total. The van der Waals surface area contributed by atoms with Crippen molar-refractivity contribution in [3.63, 3.8) is 0 Å². The SMILES string of the molecule is O=C1Nc2cc(CN3CCCCC3)ccc2CN1c1csc(-c2ccncc2)n1. The number of rotatable bonds is 4. The highest BCUT2D eigenvalue weighted by molar-refractivity contribution is 7.13.